The number of aryl methyl sites for hydroxylation is 1. The van der Waals surface area contributed by atoms with Crippen LogP contribution in [0.15, 0.2) is 18.2 Å². The Labute approximate surface area is 156 Å². The molecule has 1 aliphatic carbocycles. The Kier molecular flexibility index (Phi) is 4.73. The van der Waals surface area contributed by atoms with Gasteiger partial charge in [-0.05, 0) is 43.5 Å². The third-order valence-electron chi connectivity index (χ3n) is 5.90. The number of hydrogen-bond acceptors (Lipinski definition) is 4. The summed E-state index contributed by atoms with van der Waals surface area (Å²) in [6, 6.07) is 4.86. The number of carbonyl (C=O) groups is 2. The minimum atomic E-state index is -2.67. The summed E-state index contributed by atoms with van der Waals surface area (Å²) >= 11 is 0. The molecule has 1 aromatic rings. The molecule has 0 aromatic heterocycles. The predicted octanol–water partition coefficient (Wildman–Crippen LogP) is 2.13. The first-order valence-electron chi connectivity index (χ1n) is 8.66. The predicted molar refractivity (Wildman–Crippen MR) is 95.8 cm³/mol. The van der Waals surface area contributed by atoms with Crippen LogP contribution in [0.1, 0.15) is 30.4 Å². The van der Waals surface area contributed by atoms with Gasteiger partial charge in [-0.15, -0.1) is 12.4 Å². The molecule has 3 N–H and O–H groups in total. The number of nitrogens with one attached hydrogen (secondary N) is 3. The first kappa shape index (κ1) is 19.0. The van der Waals surface area contributed by atoms with Gasteiger partial charge in [-0.25, -0.2) is 8.78 Å². The number of piperidine rings is 2. The second-order valence-electron chi connectivity index (χ2n) is 7.28. The maximum absolute atomic E-state index is 14.4. The number of hydrogen-bond donors (Lipinski definition) is 3. The highest BCUT2D eigenvalue weighted by molar-refractivity contribution is 6.01. The van der Waals surface area contributed by atoms with Crippen LogP contribution in [0.25, 0.3) is 0 Å². The molecule has 0 radical (unpaired) electrons. The highest BCUT2D eigenvalue weighted by Crippen LogP contribution is 2.69. The van der Waals surface area contributed by atoms with E-state index in [4.69, 9.17) is 0 Å². The minimum Gasteiger partial charge on any atom is -0.373 e. The summed E-state index contributed by atoms with van der Waals surface area (Å²) in [6.07, 6.45) is 1.16. The number of carbonyl (C=O) groups excluding carboxylic acids is 2. The van der Waals surface area contributed by atoms with Gasteiger partial charge in [0.05, 0.1) is 11.3 Å². The van der Waals surface area contributed by atoms with Gasteiger partial charge in [0.1, 0.15) is 6.04 Å². The Balaban J connectivity index is 0.00000196. The Hall–Kier alpha value is -1.73. The average Bonchev–Trinajstić information content (AvgIpc) is 3.09. The van der Waals surface area contributed by atoms with Crippen molar-refractivity contribution in [3.05, 3.63) is 29.3 Å². The van der Waals surface area contributed by atoms with Crippen LogP contribution >= 0.6 is 12.4 Å². The Bertz CT molecular complexity index is 758. The van der Waals surface area contributed by atoms with Crippen molar-refractivity contribution in [3.63, 3.8) is 0 Å². The van der Waals surface area contributed by atoms with Crippen LogP contribution in [-0.2, 0) is 15.0 Å². The number of alkyl halides is 2. The number of fused-ring (bicyclic) bond motifs is 1. The lowest BCUT2D eigenvalue weighted by Crippen LogP contribution is -2.47. The van der Waals surface area contributed by atoms with E-state index in [-0.39, 0.29) is 24.2 Å². The van der Waals surface area contributed by atoms with Crippen molar-refractivity contribution in [1.29, 1.82) is 0 Å². The molecular formula is C18H22ClF2N3O2. The van der Waals surface area contributed by atoms with Crippen LogP contribution in [0.4, 0.5) is 14.5 Å². The summed E-state index contributed by atoms with van der Waals surface area (Å²) in [7, 11) is 0. The van der Waals surface area contributed by atoms with Gasteiger partial charge >= 0.3 is 0 Å². The summed E-state index contributed by atoms with van der Waals surface area (Å²) in [6.45, 7) is 2.80. The molecule has 142 valence electrons. The van der Waals surface area contributed by atoms with Gasteiger partial charge in [-0.2, -0.15) is 0 Å². The molecule has 2 saturated heterocycles. The highest BCUT2D eigenvalue weighted by atomic mass is 35.5. The van der Waals surface area contributed by atoms with Gasteiger partial charge in [0.2, 0.25) is 11.8 Å². The van der Waals surface area contributed by atoms with Crippen molar-refractivity contribution in [2.45, 2.75) is 43.6 Å². The van der Waals surface area contributed by atoms with E-state index in [1.54, 1.807) is 12.1 Å². The number of imide groups is 1. The van der Waals surface area contributed by atoms with Crippen LogP contribution in [-0.4, -0.2) is 36.9 Å². The van der Waals surface area contributed by atoms with Crippen molar-refractivity contribution in [2.24, 2.45) is 5.92 Å². The van der Waals surface area contributed by atoms with E-state index in [0.29, 0.717) is 37.9 Å². The van der Waals surface area contributed by atoms with E-state index in [9.17, 15) is 18.4 Å². The van der Waals surface area contributed by atoms with Crippen LogP contribution < -0.4 is 16.0 Å². The Morgan fingerprint density at radius 2 is 2.04 bits per heavy atom. The second kappa shape index (κ2) is 6.46. The third kappa shape index (κ3) is 2.68. The van der Waals surface area contributed by atoms with Gasteiger partial charge in [0.25, 0.3) is 5.92 Å². The number of anilines is 1. The van der Waals surface area contributed by atoms with Crippen molar-refractivity contribution < 1.29 is 18.4 Å². The quantitative estimate of drug-likeness (QED) is 0.697. The molecule has 2 aliphatic heterocycles. The maximum Gasteiger partial charge on any atom is 0.263 e. The molecule has 1 aromatic carbocycles. The minimum absolute atomic E-state index is 0. The number of halogens is 3. The zero-order valence-electron chi connectivity index (χ0n) is 14.4. The molecule has 0 unspecified atom stereocenters. The lowest BCUT2D eigenvalue weighted by atomic mass is 9.86. The zero-order valence-corrected chi connectivity index (χ0v) is 15.2. The van der Waals surface area contributed by atoms with Crippen LogP contribution in [0.3, 0.4) is 0 Å². The average molecular weight is 386 g/mol. The fourth-order valence-electron chi connectivity index (χ4n) is 4.37. The van der Waals surface area contributed by atoms with E-state index in [0.717, 1.165) is 11.3 Å². The normalized spacial score (nSPS) is 32.1. The number of amides is 2. The van der Waals surface area contributed by atoms with Gasteiger partial charge in [0, 0.05) is 18.7 Å². The summed E-state index contributed by atoms with van der Waals surface area (Å²) in [5.74, 6) is -3.91. The third-order valence-corrected chi connectivity index (χ3v) is 5.90. The Morgan fingerprint density at radius 1 is 1.27 bits per heavy atom. The highest BCUT2D eigenvalue weighted by Gasteiger charge is 2.80. The largest absolute Gasteiger partial charge is 0.373 e. The van der Waals surface area contributed by atoms with Crippen molar-refractivity contribution >= 4 is 29.9 Å². The van der Waals surface area contributed by atoms with Crippen molar-refractivity contribution in [3.8, 4) is 0 Å². The molecule has 0 spiro atoms. The number of benzene rings is 1. The first-order chi connectivity index (χ1) is 11.9. The molecule has 8 heteroatoms. The molecule has 2 heterocycles. The lowest BCUT2D eigenvalue weighted by Gasteiger charge is -2.25. The van der Waals surface area contributed by atoms with Crippen LogP contribution in [0, 0.1) is 12.8 Å². The van der Waals surface area contributed by atoms with Gasteiger partial charge < -0.3 is 10.6 Å². The van der Waals surface area contributed by atoms with Gasteiger partial charge in [0.15, 0.2) is 0 Å². The first-order valence-corrected chi connectivity index (χ1v) is 8.66. The van der Waals surface area contributed by atoms with Crippen LogP contribution in [0.2, 0.25) is 0 Å². The smallest absolute Gasteiger partial charge is 0.263 e. The van der Waals surface area contributed by atoms with Crippen molar-refractivity contribution in [1.82, 2.24) is 10.6 Å². The zero-order chi connectivity index (χ0) is 17.8. The Morgan fingerprint density at radius 3 is 2.69 bits per heavy atom. The maximum atomic E-state index is 14.4. The van der Waals surface area contributed by atoms with E-state index in [1.165, 1.54) is 0 Å². The SMILES string of the molecule is Cc1cc([C@@]23CCNC[C@@H]2C3(F)F)ccc1N[C@@H]1CCC(=O)NC1=O.Cl. The topological polar surface area (TPSA) is 70.2 Å². The molecule has 1 saturated carbocycles. The number of rotatable bonds is 3. The van der Waals surface area contributed by atoms with E-state index in [1.807, 2.05) is 13.0 Å². The lowest BCUT2D eigenvalue weighted by molar-refractivity contribution is -0.133. The van der Waals surface area contributed by atoms with E-state index < -0.39 is 23.3 Å². The van der Waals surface area contributed by atoms with E-state index >= 15 is 0 Å². The second-order valence-corrected chi connectivity index (χ2v) is 7.28. The fourth-order valence-corrected chi connectivity index (χ4v) is 4.37. The standard InChI is InChI=1S/C18H21F2N3O2.ClH/c1-10-8-11(17-6-7-21-9-14(17)18(17,19)20)2-3-12(10)22-13-4-5-15(24)23-16(13)25;/h2-3,8,13-14,21-22H,4-7,9H2,1H3,(H,23,24,25);1H/t13-,14+,17+;/m1./s1. The molecule has 2 amide bonds. The molecule has 26 heavy (non-hydrogen) atoms. The molecule has 5 nitrogen and oxygen atoms in total. The molecular weight excluding hydrogens is 364 g/mol. The molecule has 4 rings (SSSR count). The van der Waals surface area contributed by atoms with Gasteiger partial charge in [-0.1, -0.05) is 12.1 Å². The van der Waals surface area contributed by atoms with E-state index in [2.05, 4.69) is 16.0 Å². The monoisotopic (exact) mass is 385 g/mol. The molecule has 0 bridgehead atoms. The van der Waals surface area contributed by atoms with Gasteiger partial charge in [-0.3, -0.25) is 14.9 Å². The summed E-state index contributed by atoms with van der Waals surface area (Å²) in [5.41, 5.74) is 1.20. The van der Waals surface area contributed by atoms with Crippen molar-refractivity contribution in [2.75, 3.05) is 18.4 Å². The fraction of sp³-hybridized carbons (Fsp3) is 0.556. The summed E-state index contributed by atoms with van der Waals surface area (Å²) in [5, 5.41) is 8.49. The summed E-state index contributed by atoms with van der Waals surface area (Å²) in [4.78, 5) is 23.1. The molecule has 3 atom stereocenters. The van der Waals surface area contributed by atoms with Crippen LogP contribution in [0.5, 0.6) is 0 Å². The summed E-state index contributed by atoms with van der Waals surface area (Å²) < 4.78 is 28.8. The molecule has 3 aliphatic rings. The molecule has 3 fully saturated rings.